The van der Waals surface area contributed by atoms with Crippen molar-refractivity contribution in [1.29, 1.82) is 0 Å². The van der Waals surface area contributed by atoms with Gasteiger partial charge in [-0.2, -0.15) is 0 Å². The van der Waals surface area contributed by atoms with Crippen molar-refractivity contribution in [2.24, 2.45) is 0 Å². The van der Waals surface area contributed by atoms with Gasteiger partial charge in [-0.25, -0.2) is 0 Å². The number of hydrogen-bond donors (Lipinski definition) is 0. The van der Waals surface area contributed by atoms with Crippen molar-refractivity contribution in [3.63, 3.8) is 0 Å². The smallest absolute Gasteiger partial charge is 0.270 e. The molecule has 4 rings (SSSR count). The molecule has 1 aliphatic rings. The summed E-state index contributed by atoms with van der Waals surface area (Å²) >= 11 is 6.81. The predicted molar refractivity (Wildman–Crippen MR) is 135 cm³/mol. The Morgan fingerprint density at radius 1 is 0.875 bits per heavy atom. The van der Waals surface area contributed by atoms with Gasteiger partial charge in [0.25, 0.3) is 5.91 Å². The highest BCUT2D eigenvalue weighted by atomic mass is 32.2. The lowest BCUT2D eigenvalue weighted by Gasteiger charge is -2.15. The third-order valence-electron chi connectivity index (χ3n) is 5.06. The number of para-hydroxylation sites is 1. The van der Waals surface area contributed by atoms with E-state index in [0.29, 0.717) is 22.4 Å². The van der Waals surface area contributed by atoms with E-state index in [1.165, 1.54) is 17.3 Å². The van der Waals surface area contributed by atoms with Gasteiger partial charge in [-0.15, -0.1) is 0 Å². The van der Waals surface area contributed by atoms with Crippen molar-refractivity contribution in [3.8, 4) is 11.5 Å². The van der Waals surface area contributed by atoms with Gasteiger partial charge in [0.15, 0.2) is 4.32 Å². The number of amides is 1. The Labute approximate surface area is 197 Å². The number of nitrogens with zero attached hydrogens (tertiary/aromatic N) is 1. The zero-order valence-electron chi connectivity index (χ0n) is 17.9. The SMILES string of the molecule is Cc1ccc(N2C(=O)/C(=C\c3cccc(OCCOc4ccccc4)c3)SC2=S)cc1C. The van der Waals surface area contributed by atoms with Crippen LogP contribution in [0.3, 0.4) is 0 Å². The monoisotopic (exact) mass is 461 g/mol. The third kappa shape index (κ3) is 5.21. The van der Waals surface area contributed by atoms with E-state index in [1.54, 1.807) is 4.90 Å². The second-order valence-electron chi connectivity index (χ2n) is 7.37. The van der Waals surface area contributed by atoms with Crippen LogP contribution in [0.25, 0.3) is 6.08 Å². The number of rotatable bonds is 7. The summed E-state index contributed by atoms with van der Waals surface area (Å²) in [6, 6.07) is 23.2. The van der Waals surface area contributed by atoms with Crippen LogP contribution in [0.4, 0.5) is 5.69 Å². The number of aryl methyl sites for hydroxylation is 2. The van der Waals surface area contributed by atoms with Crippen molar-refractivity contribution >= 4 is 46.0 Å². The number of benzene rings is 3. The third-order valence-corrected chi connectivity index (χ3v) is 6.36. The van der Waals surface area contributed by atoms with Crippen molar-refractivity contribution < 1.29 is 14.3 Å². The molecule has 6 heteroatoms. The molecule has 0 aromatic heterocycles. The zero-order chi connectivity index (χ0) is 22.5. The number of hydrogen-bond acceptors (Lipinski definition) is 5. The molecule has 1 aliphatic heterocycles. The molecule has 1 amide bonds. The van der Waals surface area contributed by atoms with E-state index in [0.717, 1.165) is 28.3 Å². The van der Waals surface area contributed by atoms with E-state index in [9.17, 15) is 4.79 Å². The van der Waals surface area contributed by atoms with E-state index in [4.69, 9.17) is 21.7 Å². The first-order chi connectivity index (χ1) is 15.5. The van der Waals surface area contributed by atoms with Crippen LogP contribution < -0.4 is 14.4 Å². The molecule has 0 bridgehead atoms. The fourth-order valence-corrected chi connectivity index (χ4v) is 4.54. The van der Waals surface area contributed by atoms with E-state index in [2.05, 4.69) is 0 Å². The topological polar surface area (TPSA) is 38.8 Å². The van der Waals surface area contributed by atoms with Crippen molar-refractivity contribution in [2.75, 3.05) is 18.1 Å². The summed E-state index contributed by atoms with van der Waals surface area (Å²) in [4.78, 5) is 15.2. The zero-order valence-corrected chi connectivity index (χ0v) is 19.5. The Morgan fingerprint density at radius 3 is 2.34 bits per heavy atom. The first kappa shape index (κ1) is 22.1. The van der Waals surface area contributed by atoms with E-state index in [-0.39, 0.29) is 5.91 Å². The highest BCUT2D eigenvalue weighted by Gasteiger charge is 2.33. The molecule has 1 fully saturated rings. The van der Waals surface area contributed by atoms with Gasteiger partial charge in [0.05, 0.1) is 10.6 Å². The lowest BCUT2D eigenvalue weighted by Crippen LogP contribution is -2.27. The molecule has 1 heterocycles. The van der Waals surface area contributed by atoms with Crippen molar-refractivity contribution in [3.05, 3.63) is 94.4 Å². The molecule has 162 valence electrons. The van der Waals surface area contributed by atoms with Gasteiger partial charge in [0, 0.05) is 0 Å². The molecule has 0 radical (unpaired) electrons. The minimum Gasteiger partial charge on any atom is -0.490 e. The molecular weight excluding hydrogens is 438 g/mol. The summed E-state index contributed by atoms with van der Waals surface area (Å²) < 4.78 is 12.0. The van der Waals surface area contributed by atoms with Crippen LogP contribution in [0.5, 0.6) is 11.5 Å². The maximum absolute atomic E-state index is 13.0. The Kier molecular flexibility index (Phi) is 6.93. The van der Waals surface area contributed by atoms with Gasteiger partial charge < -0.3 is 9.47 Å². The number of thioether (sulfide) groups is 1. The van der Waals surface area contributed by atoms with Crippen LogP contribution in [-0.4, -0.2) is 23.4 Å². The van der Waals surface area contributed by atoms with Crippen molar-refractivity contribution in [2.45, 2.75) is 13.8 Å². The molecule has 0 spiro atoms. The minimum absolute atomic E-state index is 0.106. The Bertz CT molecular complexity index is 1170. The number of carbonyl (C=O) groups excluding carboxylic acids is 1. The number of ether oxygens (including phenoxy) is 2. The number of carbonyl (C=O) groups is 1. The average molecular weight is 462 g/mol. The summed E-state index contributed by atoms with van der Waals surface area (Å²) in [6.45, 7) is 4.95. The first-order valence-corrected chi connectivity index (χ1v) is 11.5. The van der Waals surface area contributed by atoms with Gasteiger partial charge in [-0.05, 0) is 73.0 Å². The maximum Gasteiger partial charge on any atom is 0.270 e. The lowest BCUT2D eigenvalue weighted by molar-refractivity contribution is -0.113. The van der Waals surface area contributed by atoms with E-state index >= 15 is 0 Å². The molecule has 3 aromatic carbocycles. The molecule has 4 nitrogen and oxygen atoms in total. The molecular formula is C26H23NO3S2. The van der Waals surface area contributed by atoms with Gasteiger partial charge in [0.2, 0.25) is 0 Å². The summed E-state index contributed by atoms with van der Waals surface area (Å²) in [7, 11) is 0. The van der Waals surface area contributed by atoms with Gasteiger partial charge >= 0.3 is 0 Å². The van der Waals surface area contributed by atoms with Crippen LogP contribution in [-0.2, 0) is 4.79 Å². The second-order valence-corrected chi connectivity index (χ2v) is 9.04. The van der Waals surface area contributed by atoms with E-state index in [1.807, 2.05) is 92.7 Å². The summed E-state index contributed by atoms with van der Waals surface area (Å²) in [5.41, 5.74) is 3.99. The maximum atomic E-state index is 13.0. The first-order valence-electron chi connectivity index (χ1n) is 10.3. The summed E-state index contributed by atoms with van der Waals surface area (Å²) in [5.74, 6) is 1.43. The standard InChI is InChI=1S/C26H23NO3S2/c1-18-11-12-21(15-19(18)2)27-25(28)24(32-26(27)31)17-20-7-6-10-23(16-20)30-14-13-29-22-8-4-3-5-9-22/h3-12,15-17H,13-14H2,1-2H3/b24-17+. The summed E-state index contributed by atoms with van der Waals surface area (Å²) in [5, 5.41) is 0. The normalized spacial score (nSPS) is 14.8. The molecule has 0 N–H and O–H groups in total. The predicted octanol–water partition coefficient (Wildman–Crippen LogP) is 6.17. The van der Waals surface area contributed by atoms with Gasteiger partial charge in [-0.1, -0.05) is 60.4 Å². The molecule has 0 aliphatic carbocycles. The molecule has 1 saturated heterocycles. The van der Waals surface area contributed by atoms with Gasteiger partial charge in [0.1, 0.15) is 24.7 Å². The fourth-order valence-electron chi connectivity index (χ4n) is 3.24. The van der Waals surface area contributed by atoms with Crippen LogP contribution in [0, 0.1) is 13.8 Å². The molecule has 0 unspecified atom stereocenters. The minimum atomic E-state index is -0.106. The fraction of sp³-hybridized carbons (Fsp3) is 0.154. The molecule has 32 heavy (non-hydrogen) atoms. The lowest BCUT2D eigenvalue weighted by atomic mass is 10.1. The number of anilines is 1. The second kappa shape index (κ2) is 10.0. The van der Waals surface area contributed by atoms with Crippen LogP contribution in [0.15, 0.2) is 77.7 Å². The molecule has 0 saturated carbocycles. The van der Waals surface area contributed by atoms with Crippen LogP contribution in [0.2, 0.25) is 0 Å². The summed E-state index contributed by atoms with van der Waals surface area (Å²) in [6.07, 6.45) is 1.85. The Hall–Kier alpha value is -3.09. The van der Waals surface area contributed by atoms with Gasteiger partial charge in [-0.3, -0.25) is 9.69 Å². The Balaban J connectivity index is 1.41. The molecule has 3 aromatic rings. The highest BCUT2D eigenvalue weighted by Crippen LogP contribution is 2.36. The van der Waals surface area contributed by atoms with Crippen molar-refractivity contribution in [1.82, 2.24) is 0 Å². The van der Waals surface area contributed by atoms with Crippen LogP contribution in [0.1, 0.15) is 16.7 Å². The largest absolute Gasteiger partial charge is 0.490 e. The van der Waals surface area contributed by atoms with E-state index < -0.39 is 0 Å². The highest BCUT2D eigenvalue weighted by molar-refractivity contribution is 8.27. The number of thiocarbonyl (C=S) groups is 1. The average Bonchev–Trinajstić information content (AvgIpc) is 3.07. The van der Waals surface area contributed by atoms with Crippen LogP contribution >= 0.6 is 24.0 Å². The molecule has 0 atom stereocenters. The Morgan fingerprint density at radius 2 is 1.59 bits per heavy atom. The quantitative estimate of drug-likeness (QED) is 0.239.